The summed E-state index contributed by atoms with van der Waals surface area (Å²) in [6.45, 7) is 2.33. The lowest BCUT2D eigenvalue weighted by atomic mass is 10.2. The van der Waals surface area contributed by atoms with Crippen molar-refractivity contribution in [3.05, 3.63) is 28.8 Å². The zero-order valence-corrected chi connectivity index (χ0v) is 10.5. The Labute approximate surface area is 106 Å². The lowest BCUT2D eigenvalue weighted by Gasteiger charge is -2.09. The van der Waals surface area contributed by atoms with Crippen LogP contribution in [-0.4, -0.2) is 33.5 Å². The number of hydrogen-bond acceptors (Lipinski definition) is 4. The number of nitrogens with one attached hydrogen (secondary N) is 1. The van der Waals surface area contributed by atoms with Crippen molar-refractivity contribution in [3.63, 3.8) is 0 Å². The van der Waals surface area contributed by atoms with Gasteiger partial charge in [-0.1, -0.05) is 11.6 Å². The van der Waals surface area contributed by atoms with Gasteiger partial charge in [0.05, 0.1) is 31.1 Å². The van der Waals surface area contributed by atoms with Crippen LogP contribution in [0.3, 0.4) is 0 Å². The van der Waals surface area contributed by atoms with E-state index in [1.807, 2.05) is 0 Å². The monoisotopic (exact) mass is 254 g/mol. The molecule has 1 rings (SSSR count). The van der Waals surface area contributed by atoms with Crippen LogP contribution in [0.5, 0.6) is 0 Å². The van der Waals surface area contributed by atoms with Gasteiger partial charge in [0.1, 0.15) is 6.07 Å². The number of hydrogen-bond donors (Lipinski definition) is 1. The maximum absolute atomic E-state index is 8.90. The number of anilines is 1. The molecule has 0 aliphatic carbocycles. The third kappa shape index (κ3) is 5.05. The summed E-state index contributed by atoms with van der Waals surface area (Å²) in [6, 6.07) is 7.22. The molecule has 1 N–H and O–H groups in total. The molecule has 0 heterocycles. The number of benzene rings is 1. The quantitative estimate of drug-likeness (QED) is 0.759. The van der Waals surface area contributed by atoms with E-state index in [-0.39, 0.29) is 0 Å². The van der Waals surface area contributed by atoms with E-state index in [9.17, 15) is 0 Å². The van der Waals surface area contributed by atoms with Crippen LogP contribution in [0.1, 0.15) is 5.56 Å². The van der Waals surface area contributed by atoms with Crippen molar-refractivity contribution in [3.8, 4) is 6.07 Å². The summed E-state index contributed by atoms with van der Waals surface area (Å²) in [6.07, 6.45) is 0. The molecule has 17 heavy (non-hydrogen) atoms. The maximum atomic E-state index is 8.90. The molecule has 0 saturated carbocycles. The number of methoxy groups -OCH3 is 1. The van der Waals surface area contributed by atoms with Crippen molar-refractivity contribution in [2.75, 3.05) is 38.8 Å². The molecule has 0 aromatic heterocycles. The molecule has 0 aliphatic rings. The van der Waals surface area contributed by atoms with Crippen molar-refractivity contribution in [2.24, 2.45) is 0 Å². The number of nitrogens with zero attached hydrogens (tertiary/aromatic N) is 1. The van der Waals surface area contributed by atoms with E-state index in [1.54, 1.807) is 25.3 Å². The van der Waals surface area contributed by atoms with Crippen LogP contribution >= 0.6 is 11.6 Å². The van der Waals surface area contributed by atoms with Crippen LogP contribution in [0.4, 0.5) is 5.69 Å². The molecule has 1 aromatic carbocycles. The van der Waals surface area contributed by atoms with Gasteiger partial charge in [-0.25, -0.2) is 0 Å². The minimum Gasteiger partial charge on any atom is -0.382 e. The Kier molecular flexibility index (Phi) is 6.41. The van der Waals surface area contributed by atoms with Gasteiger partial charge in [-0.2, -0.15) is 5.26 Å². The van der Waals surface area contributed by atoms with Crippen molar-refractivity contribution in [1.82, 2.24) is 0 Å². The van der Waals surface area contributed by atoms with Crippen molar-refractivity contribution >= 4 is 17.3 Å². The standard InChI is InChI=1S/C12H15ClN2O2/c1-16-6-7-17-5-4-15-12-8-11(13)3-2-10(12)9-14/h2-3,8,15H,4-7H2,1H3. The van der Waals surface area contributed by atoms with Gasteiger partial charge in [0.2, 0.25) is 0 Å². The van der Waals surface area contributed by atoms with Crippen molar-refractivity contribution in [1.29, 1.82) is 5.26 Å². The zero-order valence-electron chi connectivity index (χ0n) is 9.70. The highest BCUT2D eigenvalue weighted by molar-refractivity contribution is 6.30. The fourth-order valence-corrected chi connectivity index (χ4v) is 1.43. The van der Waals surface area contributed by atoms with Gasteiger partial charge in [0.25, 0.3) is 0 Å². The average molecular weight is 255 g/mol. The number of ether oxygens (including phenoxy) is 2. The smallest absolute Gasteiger partial charge is 0.101 e. The van der Waals surface area contributed by atoms with Gasteiger partial charge < -0.3 is 14.8 Å². The topological polar surface area (TPSA) is 54.3 Å². The first kappa shape index (κ1) is 13.8. The summed E-state index contributed by atoms with van der Waals surface area (Å²) < 4.78 is 10.1. The van der Waals surface area contributed by atoms with E-state index in [4.69, 9.17) is 26.3 Å². The van der Waals surface area contributed by atoms with Crippen LogP contribution in [-0.2, 0) is 9.47 Å². The van der Waals surface area contributed by atoms with Crippen LogP contribution in [0.2, 0.25) is 5.02 Å². The first-order chi connectivity index (χ1) is 8.27. The minimum absolute atomic E-state index is 0.556. The summed E-state index contributed by atoms with van der Waals surface area (Å²) in [5.74, 6) is 0. The molecule has 92 valence electrons. The lowest BCUT2D eigenvalue weighted by Crippen LogP contribution is -2.12. The molecule has 0 atom stereocenters. The van der Waals surface area contributed by atoms with E-state index < -0.39 is 0 Å². The predicted molar refractivity (Wildman–Crippen MR) is 67.4 cm³/mol. The van der Waals surface area contributed by atoms with Crippen LogP contribution in [0, 0.1) is 11.3 Å². The summed E-state index contributed by atoms with van der Waals surface area (Å²) in [5.41, 5.74) is 1.31. The molecule has 0 fully saturated rings. The summed E-state index contributed by atoms with van der Waals surface area (Å²) in [4.78, 5) is 0. The molecule has 0 spiro atoms. The molecule has 0 bridgehead atoms. The highest BCUT2D eigenvalue weighted by atomic mass is 35.5. The van der Waals surface area contributed by atoms with Crippen LogP contribution < -0.4 is 5.32 Å². The first-order valence-corrected chi connectivity index (χ1v) is 5.66. The van der Waals surface area contributed by atoms with E-state index in [0.29, 0.717) is 37.0 Å². The summed E-state index contributed by atoms with van der Waals surface area (Å²) in [5, 5.41) is 12.6. The fourth-order valence-electron chi connectivity index (χ4n) is 1.26. The first-order valence-electron chi connectivity index (χ1n) is 5.28. The van der Waals surface area contributed by atoms with Gasteiger partial charge >= 0.3 is 0 Å². The molecule has 0 aliphatic heterocycles. The molecule has 0 unspecified atom stereocenters. The highest BCUT2D eigenvalue weighted by Crippen LogP contribution is 2.19. The molecule has 5 heteroatoms. The lowest BCUT2D eigenvalue weighted by molar-refractivity contribution is 0.0759. The Morgan fingerprint density at radius 3 is 2.88 bits per heavy atom. The van der Waals surface area contributed by atoms with Crippen molar-refractivity contribution in [2.45, 2.75) is 0 Å². The second-order valence-electron chi connectivity index (χ2n) is 3.33. The number of halogens is 1. The predicted octanol–water partition coefficient (Wildman–Crippen LogP) is 2.29. The van der Waals surface area contributed by atoms with Gasteiger partial charge in [-0.05, 0) is 18.2 Å². The number of nitriles is 1. The van der Waals surface area contributed by atoms with Crippen LogP contribution in [0.15, 0.2) is 18.2 Å². The Hall–Kier alpha value is -1.28. The normalized spacial score (nSPS) is 9.94. The average Bonchev–Trinajstić information content (AvgIpc) is 2.34. The van der Waals surface area contributed by atoms with Gasteiger partial charge in [0, 0.05) is 18.7 Å². The second-order valence-corrected chi connectivity index (χ2v) is 3.77. The molecule has 4 nitrogen and oxygen atoms in total. The highest BCUT2D eigenvalue weighted by Gasteiger charge is 2.01. The summed E-state index contributed by atoms with van der Waals surface area (Å²) >= 11 is 5.86. The molecular formula is C12H15ClN2O2. The maximum Gasteiger partial charge on any atom is 0.101 e. The Morgan fingerprint density at radius 2 is 2.18 bits per heavy atom. The third-order valence-electron chi connectivity index (χ3n) is 2.10. The van der Waals surface area contributed by atoms with E-state index in [0.717, 1.165) is 5.69 Å². The number of rotatable bonds is 7. The Bertz CT molecular complexity index is 391. The van der Waals surface area contributed by atoms with Gasteiger partial charge in [0.15, 0.2) is 0 Å². The van der Waals surface area contributed by atoms with Gasteiger partial charge in [-0.3, -0.25) is 0 Å². The summed E-state index contributed by atoms with van der Waals surface area (Å²) in [7, 11) is 1.63. The van der Waals surface area contributed by atoms with E-state index in [1.165, 1.54) is 0 Å². The minimum atomic E-state index is 0.556. The molecule has 0 saturated heterocycles. The largest absolute Gasteiger partial charge is 0.382 e. The fraction of sp³-hybridized carbons (Fsp3) is 0.417. The van der Waals surface area contributed by atoms with E-state index >= 15 is 0 Å². The molecular weight excluding hydrogens is 240 g/mol. The van der Waals surface area contributed by atoms with E-state index in [2.05, 4.69) is 11.4 Å². The Morgan fingerprint density at radius 1 is 1.35 bits per heavy atom. The molecule has 1 aromatic rings. The van der Waals surface area contributed by atoms with Crippen molar-refractivity contribution < 1.29 is 9.47 Å². The molecule has 0 radical (unpaired) electrons. The zero-order chi connectivity index (χ0) is 12.5. The second kappa shape index (κ2) is 7.91. The SMILES string of the molecule is COCCOCCNc1cc(Cl)ccc1C#N. The Balaban J connectivity index is 2.36. The van der Waals surface area contributed by atoms with Crippen LogP contribution in [0.25, 0.3) is 0 Å². The van der Waals surface area contributed by atoms with Gasteiger partial charge in [-0.15, -0.1) is 0 Å². The third-order valence-corrected chi connectivity index (χ3v) is 2.33. The molecule has 0 amide bonds.